The molecule has 0 aromatic heterocycles. The fraction of sp³-hybridized carbons (Fsp3) is 1.00. The third-order valence-electron chi connectivity index (χ3n) is 0.739. The van der Waals surface area contributed by atoms with Crippen LogP contribution in [-0.4, -0.2) is 13.2 Å². The SMILES string of the molecule is CC.CCOCC(C)(C)C. The molecule has 0 atom stereocenters. The molecule has 0 spiro atoms. The largest absolute Gasteiger partial charge is 0.381 e. The molecule has 0 N–H and O–H groups in total. The van der Waals surface area contributed by atoms with Crippen molar-refractivity contribution in [2.75, 3.05) is 13.2 Å². The topological polar surface area (TPSA) is 9.23 Å². The number of hydrogen-bond acceptors (Lipinski definition) is 1. The van der Waals surface area contributed by atoms with E-state index in [9.17, 15) is 0 Å². The first kappa shape index (κ1) is 12.6. The number of rotatable bonds is 2. The van der Waals surface area contributed by atoms with Crippen LogP contribution in [0.1, 0.15) is 41.5 Å². The standard InChI is InChI=1S/C7H16O.C2H6/c1-5-8-6-7(2,3)4;1-2/h5-6H2,1-4H3;1-2H3. The summed E-state index contributed by atoms with van der Waals surface area (Å²) in [5, 5.41) is 0. The van der Waals surface area contributed by atoms with Crippen LogP contribution in [0.2, 0.25) is 0 Å². The molecule has 0 rings (SSSR count). The summed E-state index contributed by atoms with van der Waals surface area (Å²) in [4.78, 5) is 0. The van der Waals surface area contributed by atoms with Gasteiger partial charge in [-0.15, -0.1) is 0 Å². The smallest absolute Gasteiger partial charge is 0.0514 e. The van der Waals surface area contributed by atoms with E-state index in [1.165, 1.54) is 0 Å². The van der Waals surface area contributed by atoms with Gasteiger partial charge in [0.05, 0.1) is 6.61 Å². The molecule has 0 bridgehead atoms. The molecule has 0 aromatic rings. The average Bonchev–Trinajstić information content (AvgIpc) is 1.87. The van der Waals surface area contributed by atoms with E-state index in [2.05, 4.69) is 20.8 Å². The lowest BCUT2D eigenvalue weighted by Crippen LogP contribution is -2.14. The van der Waals surface area contributed by atoms with E-state index in [-0.39, 0.29) is 0 Å². The van der Waals surface area contributed by atoms with Crippen LogP contribution >= 0.6 is 0 Å². The van der Waals surface area contributed by atoms with Gasteiger partial charge in [0.25, 0.3) is 0 Å². The minimum atomic E-state index is 0.329. The Balaban J connectivity index is 0. The monoisotopic (exact) mass is 146 g/mol. The van der Waals surface area contributed by atoms with Crippen molar-refractivity contribution in [1.29, 1.82) is 0 Å². The van der Waals surface area contributed by atoms with Crippen LogP contribution in [0.4, 0.5) is 0 Å². The van der Waals surface area contributed by atoms with Gasteiger partial charge in [0.2, 0.25) is 0 Å². The molecule has 0 aliphatic carbocycles. The Kier molecular flexibility index (Phi) is 8.92. The molecule has 64 valence electrons. The first-order chi connectivity index (χ1) is 4.56. The highest BCUT2D eigenvalue weighted by Gasteiger charge is 2.08. The van der Waals surface area contributed by atoms with Crippen molar-refractivity contribution in [3.63, 3.8) is 0 Å². The predicted octanol–water partition coefficient (Wildman–Crippen LogP) is 3.10. The molecule has 0 amide bonds. The van der Waals surface area contributed by atoms with Crippen LogP contribution < -0.4 is 0 Å². The van der Waals surface area contributed by atoms with Crippen molar-refractivity contribution in [2.45, 2.75) is 41.5 Å². The van der Waals surface area contributed by atoms with Gasteiger partial charge in [-0.1, -0.05) is 34.6 Å². The van der Waals surface area contributed by atoms with E-state index in [1.54, 1.807) is 0 Å². The van der Waals surface area contributed by atoms with Gasteiger partial charge < -0.3 is 4.74 Å². The van der Waals surface area contributed by atoms with E-state index in [1.807, 2.05) is 20.8 Å². The second kappa shape index (κ2) is 7.07. The van der Waals surface area contributed by atoms with Crippen molar-refractivity contribution >= 4 is 0 Å². The van der Waals surface area contributed by atoms with Crippen LogP contribution in [0.25, 0.3) is 0 Å². The Bertz CT molecular complexity index is 52.2. The lowest BCUT2D eigenvalue weighted by atomic mass is 9.99. The summed E-state index contributed by atoms with van der Waals surface area (Å²) in [5.74, 6) is 0. The Labute approximate surface area is 65.8 Å². The minimum absolute atomic E-state index is 0.329. The lowest BCUT2D eigenvalue weighted by molar-refractivity contribution is 0.0805. The second-order valence-corrected chi connectivity index (χ2v) is 3.20. The third-order valence-corrected chi connectivity index (χ3v) is 0.739. The third kappa shape index (κ3) is 15.7. The molecular formula is C9H22O. The maximum atomic E-state index is 5.20. The number of hydrogen-bond donors (Lipinski definition) is 0. The molecular weight excluding hydrogens is 124 g/mol. The molecule has 10 heavy (non-hydrogen) atoms. The van der Waals surface area contributed by atoms with Gasteiger partial charge in [0.1, 0.15) is 0 Å². The molecule has 0 saturated heterocycles. The molecule has 0 aromatic carbocycles. The molecule has 0 radical (unpaired) electrons. The first-order valence-electron chi connectivity index (χ1n) is 4.14. The lowest BCUT2D eigenvalue weighted by Gasteiger charge is -2.16. The highest BCUT2D eigenvalue weighted by Crippen LogP contribution is 2.12. The van der Waals surface area contributed by atoms with Crippen molar-refractivity contribution in [3.05, 3.63) is 0 Å². The van der Waals surface area contributed by atoms with Crippen molar-refractivity contribution in [3.8, 4) is 0 Å². The maximum Gasteiger partial charge on any atom is 0.0514 e. The first-order valence-corrected chi connectivity index (χ1v) is 4.14. The van der Waals surface area contributed by atoms with Crippen molar-refractivity contribution < 1.29 is 4.74 Å². The second-order valence-electron chi connectivity index (χ2n) is 3.20. The van der Waals surface area contributed by atoms with Gasteiger partial charge in [-0.3, -0.25) is 0 Å². The van der Waals surface area contributed by atoms with E-state index in [4.69, 9.17) is 4.74 Å². The van der Waals surface area contributed by atoms with Gasteiger partial charge in [-0.2, -0.15) is 0 Å². The highest BCUT2D eigenvalue weighted by molar-refractivity contribution is 4.57. The van der Waals surface area contributed by atoms with E-state index < -0.39 is 0 Å². The highest BCUT2D eigenvalue weighted by atomic mass is 16.5. The summed E-state index contributed by atoms with van der Waals surface area (Å²) in [5.41, 5.74) is 0.329. The van der Waals surface area contributed by atoms with Gasteiger partial charge in [0.15, 0.2) is 0 Å². The average molecular weight is 146 g/mol. The fourth-order valence-corrected chi connectivity index (χ4v) is 0.408. The number of ether oxygens (including phenoxy) is 1. The Morgan fingerprint density at radius 1 is 1.10 bits per heavy atom. The summed E-state index contributed by atoms with van der Waals surface area (Å²) in [6.07, 6.45) is 0. The van der Waals surface area contributed by atoms with Crippen molar-refractivity contribution in [1.82, 2.24) is 0 Å². The summed E-state index contributed by atoms with van der Waals surface area (Å²) < 4.78 is 5.20. The van der Waals surface area contributed by atoms with Crippen LogP contribution in [-0.2, 0) is 4.74 Å². The van der Waals surface area contributed by atoms with Crippen LogP contribution in [0.3, 0.4) is 0 Å². The van der Waals surface area contributed by atoms with Crippen LogP contribution in [0, 0.1) is 5.41 Å². The van der Waals surface area contributed by atoms with Gasteiger partial charge in [0, 0.05) is 6.61 Å². The molecule has 0 unspecified atom stereocenters. The Morgan fingerprint density at radius 3 is 1.60 bits per heavy atom. The zero-order valence-electron chi connectivity index (χ0n) is 8.32. The van der Waals surface area contributed by atoms with Gasteiger partial charge >= 0.3 is 0 Å². The zero-order valence-corrected chi connectivity index (χ0v) is 8.32. The van der Waals surface area contributed by atoms with Gasteiger partial charge in [-0.25, -0.2) is 0 Å². The summed E-state index contributed by atoms with van der Waals surface area (Å²) in [6, 6.07) is 0. The molecule has 1 heteroatoms. The quantitative estimate of drug-likeness (QED) is 0.581. The molecule has 0 aliphatic heterocycles. The Morgan fingerprint density at radius 2 is 1.50 bits per heavy atom. The molecule has 0 fully saturated rings. The molecule has 0 saturated carbocycles. The van der Waals surface area contributed by atoms with Crippen LogP contribution in [0.5, 0.6) is 0 Å². The molecule has 1 nitrogen and oxygen atoms in total. The van der Waals surface area contributed by atoms with E-state index in [0.29, 0.717) is 5.41 Å². The summed E-state index contributed by atoms with van der Waals surface area (Å²) in [6.45, 7) is 14.2. The minimum Gasteiger partial charge on any atom is -0.381 e. The maximum absolute atomic E-state index is 5.20. The summed E-state index contributed by atoms with van der Waals surface area (Å²) in [7, 11) is 0. The van der Waals surface area contributed by atoms with Crippen molar-refractivity contribution in [2.24, 2.45) is 5.41 Å². The molecule has 0 heterocycles. The van der Waals surface area contributed by atoms with Crippen LogP contribution in [0.15, 0.2) is 0 Å². The zero-order chi connectivity index (χ0) is 8.62. The molecule has 0 aliphatic rings. The normalized spacial score (nSPS) is 10.2. The van der Waals surface area contributed by atoms with E-state index in [0.717, 1.165) is 13.2 Å². The Hall–Kier alpha value is -0.0400. The predicted molar refractivity (Wildman–Crippen MR) is 47.3 cm³/mol. The van der Waals surface area contributed by atoms with Gasteiger partial charge in [-0.05, 0) is 12.3 Å². The van der Waals surface area contributed by atoms with E-state index >= 15 is 0 Å². The summed E-state index contributed by atoms with van der Waals surface area (Å²) >= 11 is 0. The fourth-order valence-electron chi connectivity index (χ4n) is 0.408.